The first-order valence-electron chi connectivity index (χ1n) is 15.8. The van der Waals surface area contributed by atoms with Gasteiger partial charge in [0, 0.05) is 11.1 Å². The smallest absolute Gasteiger partial charge is 0.338 e. The van der Waals surface area contributed by atoms with Crippen molar-refractivity contribution in [3.8, 4) is 11.5 Å². The van der Waals surface area contributed by atoms with Gasteiger partial charge in [-0.2, -0.15) is 0 Å². The van der Waals surface area contributed by atoms with Crippen LogP contribution in [0.4, 0.5) is 4.39 Å². The summed E-state index contributed by atoms with van der Waals surface area (Å²) in [4.78, 5) is 33.5. The van der Waals surface area contributed by atoms with E-state index in [4.69, 9.17) is 19.2 Å². The van der Waals surface area contributed by atoms with Crippen LogP contribution in [0.1, 0.15) is 60.5 Å². The Morgan fingerprint density at radius 1 is 1.04 bits per heavy atom. The van der Waals surface area contributed by atoms with E-state index < -0.39 is 12.0 Å². The fraction of sp³-hybridized carbons (Fsp3) is 0.205. The van der Waals surface area contributed by atoms with Crippen molar-refractivity contribution in [2.24, 2.45) is 4.99 Å². The highest BCUT2D eigenvalue weighted by molar-refractivity contribution is 14.1. The van der Waals surface area contributed by atoms with Gasteiger partial charge >= 0.3 is 5.97 Å². The number of thiazole rings is 1. The first kappa shape index (κ1) is 34.3. The third kappa shape index (κ3) is 7.11. The Labute approximate surface area is 301 Å². The molecule has 1 aromatic heterocycles. The summed E-state index contributed by atoms with van der Waals surface area (Å²) >= 11 is 3.39. The first-order valence-corrected chi connectivity index (χ1v) is 17.7. The van der Waals surface area contributed by atoms with Crippen LogP contribution in [0.5, 0.6) is 11.5 Å². The van der Waals surface area contributed by atoms with E-state index in [1.165, 1.54) is 24.5 Å². The molecule has 1 aliphatic rings. The van der Waals surface area contributed by atoms with Crippen LogP contribution in [0, 0.1) is 9.39 Å². The number of rotatable bonds is 10. The second kappa shape index (κ2) is 14.9. The van der Waals surface area contributed by atoms with Crippen molar-refractivity contribution in [3.63, 3.8) is 0 Å². The molecular weight excluding hydrogens is 754 g/mol. The van der Waals surface area contributed by atoms with Gasteiger partial charge in [0.15, 0.2) is 16.3 Å². The van der Waals surface area contributed by atoms with Gasteiger partial charge < -0.3 is 14.2 Å². The maximum absolute atomic E-state index is 14.4. The molecule has 49 heavy (non-hydrogen) atoms. The Morgan fingerprint density at radius 2 is 1.76 bits per heavy atom. The van der Waals surface area contributed by atoms with Crippen molar-refractivity contribution in [1.29, 1.82) is 0 Å². The Hall–Kier alpha value is -4.55. The Balaban J connectivity index is 1.50. The highest BCUT2D eigenvalue weighted by Crippen LogP contribution is 2.37. The van der Waals surface area contributed by atoms with Crippen molar-refractivity contribution in [3.05, 3.63) is 153 Å². The molecule has 0 aliphatic carbocycles. The minimum absolute atomic E-state index is 0.0294. The Kier molecular flexibility index (Phi) is 10.4. The van der Waals surface area contributed by atoms with Gasteiger partial charge in [-0.3, -0.25) is 9.36 Å². The van der Waals surface area contributed by atoms with Crippen LogP contribution in [0.3, 0.4) is 0 Å². The highest BCUT2D eigenvalue weighted by Gasteiger charge is 2.35. The predicted octanol–water partition coefficient (Wildman–Crippen LogP) is 7.39. The lowest BCUT2D eigenvalue weighted by atomic mass is 9.91. The van der Waals surface area contributed by atoms with Gasteiger partial charge in [-0.15, -0.1) is 0 Å². The third-order valence-electron chi connectivity index (χ3n) is 8.17. The quantitative estimate of drug-likeness (QED) is 0.109. The molecule has 1 aliphatic heterocycles. The molecule has 10 heteroatoms. The molecule has 1 atom stereocenters. The number of ether oxygens (including phenoxy) is 3. The SMILES string of the molecule is CCOC(=O)C1=C(c2ccccc2)N=c2s/c(=C\c3cc(I)c(OCc4ccccc4F)c(OC)c3)c(=O)n2[C@H]1c1ccc(C(C)C)cc1. The lowest BCUT2D eigenvalue weighted by Crippen LogP contribution is -2.40. The molecule has 0 fully saturated rings. The summed E-state index contributed by atoms with van der Waals surface area (Å²) in [5, 5.41) is 0. The minimum Gasteiger partial charge on any atom is -0.493 e. The van der Waals surface area contributed by atoms with E-state index in [2.05, 4.69) is 36.4 Å². The molecule has 0 amide bonds. The van der Waals surface area contributed by atoms with Gasteiger partial charge in [0.2, 0.25) is 0 Å². The molecule has 0 saturated heterocycles. The van der Waals surface area contributed by atoms with Crippen LogP contribution < -0.4 is 24.4 Å². The molecule has 4 aromatic carbocycles. The van der Waals surface area contributed by atoms with Crippen molar-refractivity contribution in [1.82, 2.24) is 4.57 Å². The zero-order chi connectivity index (χ0) is 34.7. The normalized spacial score (nSPS) is 14.4. The van der Waals surface area contributed by atoms with Crippen molar-refractivity contribution < 1.29 is 23.4 Å². The summed E-state index contributed by atoms with van der Waals surface area (Å²) in [7, 11) is 1.53. The summed E-state index contributed by atoms with van der Waals surface area (Å²) in [6.45, 7) is 6.20. The second-order valence-corrected chi connectivity index (χ2v) is 13.8. The van der Waals surface area contributed by atoms with E-state index in [-0.39, 0.29) is 24.6 Å². The Morgan fingerprint density at radius 3 is 2.43 bits per heavy atom. The molecule has 0 radical (unpaired) electrons. The average molecular weight is 789 g/mol. The van der Waals surface area contributed by atoms with Crippen LogP contribution in [-0.4, -0.2) is 24.3 Å². The van der Waals surface area contributed by atoms with Crippen LogP contribution >= 0.6 is 33.9 Å². The molecule has 250 valence electrons. The largest absolute Gasteiger partial charge is 0.493 e. The van der Waals surface area contributed by atoms with Crippen LogP contribution in [0.2, 0.25) is 0 Å². The van der Waals surface area contributed by atoms with E-state index in [1.807, 2.05) is 60.7 Å². The van der Waals surface area contributed by atoms with Crippen molar-refractivity contribution >= 4 is 51.7 Å². The van der Waals surface area contributed by atoms with Crippen LogP contribution in [0.15, 0.2) is 106 Å². The van der Waals surface area contributed by atoms with Gasteiger partial charge in [0.1, 0.15) is 12.4 Å². The van der Waals surface area contributed by atoms with Gasteiger partial charge in [-0.25, -0.2) is 14.2 Å². The molecule has 6 rings (SSSR count). The Bertz CT molecular complexity index is 2230. The van der Waals surface area contributed by atoms with E-state index in [9.17, 15) is 14.0 Å². The van der Waals surface area contributed by atoms with Crippen LogP contribution in [0.25, 0.3) is 11.8 Å². The lowest BCUT2D eigenvalue weighted by molar-refractivity contribution is -0.138. The molecule has 5 aromatic rings. The molecule has 2 heterocycles. The molecule has 0 N–H and O–H groups in total. The monoisotopic (exact) mass is 788 g/mol. The van der Waals surface area contributed by atoms with Crippen LogP contribution in [-0.2, 0) is 16.1 Å². The highest BCUT2D eigenvalue weighted by atomic mass is 127. The summed E-state index contributed by atoms with van der Waals surface area (Å²) < 4.78 is 34.2. The summed E-state index contributed by atoms with van der Waals surface area (Å²) in [5.74, 6) is 0.358. The fourth-order valence-corrected chi connectivity index (χ4v) is 7.48. The number of aromatic nitrogens is 1. The molecule has 0 saturated carbocycles. The average Bonchev–Trinajstić information content (AvgIpc) is 3.41. The second-order valence-electron chi connectivity index (χ2n) is 11.7. The molecule has 0 unspecified atom stereocenters. The number of carbonyl (C=O) groups is 1. The number of fused-ring (bicyclic) bond motifs is 1. The van der Waals surface area contributed by atoms with Gasteiger partial charge in [0.25, 0.3) is 5.56 Å². The number of hydrogen-bond acceptors (Lipinski definition) is 7. The molecular formula is C39H34FIN2O5S. The molecule has 0 spiro atoms. The topological polar surface area (TPSA) is 79.1 Å². The number of hydrogen-bond donors (Lipinski definition) is 0. The third-order valence-corrected chi connectivity index (χ3v) is 9.96. The van der Waals surface area contributed by atoms with E-state index >= 15 is 0 Å². The first-order chi connectivity index (χ1) is 23.7. The predicted molar refractivity (Wildman–Crippen MR) is 198 cm³/mol. The van der Waals surface area contributed by atoms with Crippen molar-refractivity contribution in [2.45, 2.75) is 39.3 Å². The number of halogens is 2. The number of methoxy groups -OCH3 is 1. The maximum atomic E-state index is 14.4. The maximum Gasteiger partial charge on any atom is 0.338 e. The summed E-state index contributed by atoms with van der Waals surface area (Å²) in [5.41, 5.74) is 4.28. The van der Waals surface area contributed by atoms with Gasteiger partial charge in [-0.1, -0.05) is 98.0 Å². The number of esters is 1. The minimum atomic E-state index is -0.766. The fourth-order valence-electron chi connectivity index (χ4n) is 5.70. The lowest BCUT2D eigenvalue weighted by Gasteiger charge is -2.26. The number of nitrogens with zero attached hydrogens (tertiary/aromatic N) is 2. The molecule has 7 nitrogen and oxygen atoms in total. The van der Waals surface area contributed by atoms with Gasteiger partial charge in [-0.05, 0) is 76.4 Å². The van der Waals surface area contributed by atoms with E-state index in [0.717, 1.165) is 20.3 Å². The zero-order valence-corrected chi connectivity index (χ0v) is 30.4. The zero-order valence-electron chi connectivity index (χ0n) is 27.4. The van der Waals surface area contributed by atoms with E-state index in [1.54, 1.807) is 41.8 Å². The van der Waals surface area contributed by atoms with Gasteiger partial charge in [0.05, 0.1) is 39.1 Å². The number of carbonyl (C=O) groups excluding carboxylic acids is 1. The summed E-state index contributed by atoms with van der Waals surface area (Å²) in [6, 6.07) is 26.8. The van der Waals surface area contributed by atoms with Crippen molar-refractivity contribution in [2.75, 3.05) is 13.7 Å². The molecule has 0 bridgehead atoms. The summed E-state index contributed by atoms with van der Waals surface area (Å²) in [6.07, 6.45) is 1.78. The number of benzene rings is 4. The van der Waals surface area contributed by atoms with E-state index in [0.29, 0.717) is 49.1 Å². The standard InChI is InChI=1S/C39H34FIN2O5S/c1-5-47-38(45)33-34(26-11-7-6-8-12-26)42-39-43(35(33)27-17-15-25(16-18-27)23(2)3)37(44)32(49-39)21-24-19-30(41)36(31(20-24)46-4)48-22-28-13-9-10-14-29(28)40/h6-21,23,35H,5,22H2,1-4H3/b32-21-/t35-/m0/s1.